The fourth-order valence-corrected chi connectivity index (χ4v) is 2.82. The summed E-state index contributed by atoms with van der Waals surface area (Å²) in [6.45, 7) is -3.41. The summed E-state index contributed by atoms with van der Waals surface area (Å²) in [5.41, 5.74) is -2.77. The molecule has 2 N–H and O–H groups in total. The van der Waals surface area contributed by atoms with Gasteiger partial charge in [0.2, 0.25) is 0 Å². The van der Waals surface area contributed by atoms with Crippen LogP contribution >= 0.6 is 11.6 Å². The largest absolute Gasteiger partial charge is 0.453 e. The summed E-state index contributed by atoms with van der Waals surface area (Å²) in [4.78, 5) is 24.0. The van der Waals surface area contributed by atoms with E-state index < -0.39 is 63.5 Å². The van der Waals surface area contributed by atoms with Crippen molar-refractivity contribution in [3.63, 3.8) is 0 Å². The number of ether oxygens (including phenoxy) is 2. The summed E-state index contributed by atoms with van der Waals surface area (Å²) in [6.07, 6.45) is -3.92. The highest BCUT2D eigenvalue weighted by molar-refractivity contribution is 6.32. The minimum absolute atomic E-state index is 0.116. The maximum Gasteiger partial charge on any atom is 0.417 e. The Labute approximate surface area is 184 Å². The van der Waals surface area contributed by atoms with Gasteiger partial charge in [0.1, 0.15) is 11.6 Å². The molecule has 1 amide bonds. The molecule has 0 bridgehead atoms. The zero-order valence-corrected chi connectivity index (χ0v) is 16.6. The summed E-state index contributed by atoms with van der Waals surface area (Å²) in [6, 6.07) is 4.04. The van der Waals surface area contributed by atoms with Crippen LogP contribution in [0.3, 0.4) is 0 Å². The first-order valence-corrected chi connectivity index (χ1v) is 9.01. The fraction of sp³-hybridized carbons (Fsp3) is 0.105. The van der Waals surface area contributed by atoms with Crippen LogP contribution in [0.1, 0.15) is 15.9 Å². The van der Waals surface area contributed by atoms with Gasteiger partial charge in [-0.25, -0.2) is 9.49 Å². The second kappa shape index (κ2) is 9.40. The summed E-state index contributed by atoms with van der Waals surface area (Å²) in [5, 5.41) is 6.85. The summed E-state index contributed by atoms with van der Waals surface area (Å²) >= 11 is 5.69. The molecule has 0 atom stereocenters. The van der Waals surface area contributed by atoms with Gasteiger partial charge in [-0.2, -0.15) is 27.1 Å². The van der Waals surface area contributed by atoms with Gasteiger partial charge >= 0.3 is 12.8 Å². The molecule has 0 fully saturated rings. The third-order valence-electron chi connectivity index (χ3n) is 3.88. The molecular weight excluding hydrogens is 484 g/mol. The van der Waals surface area contributed by atoms with E-state index in [1.807, 2.05) is 0 Å². The Morgan fingerprint density at radius 3 is 2.45 bits per heavy atom. The molecule has 33 heavy (non-hydrogen) atoms. The van der Waals surface area contributed by atoms with Gasteiger partial charge in [-0.3, -0.25) is 9.59 Å². The first kappa shape index (κ1) is 23.9. The van der Waals surface area contributed by atoms with Crippen molar-refractivity contribution in [3.05, 3.63) is 74.9 Å². The van der Waals surface area contributed by atoms with Gasteiger partial charge in [0.05, 0.1) is 28.0 Å². The number of alkyl halides is 5. The molecule has 0 aliphatic heterocycles. The normalized spacial score (nSPS) is 11.4. The monoisotopic (exact) mass is 493 g/mol. The number of nitrogens with zero attached hydrogens (tertiary/aromatic N) is 1. The van der Waals surface area contributed by atoms with Gasteiger partial charge < -0.3 is 14.8 Å². The second-order valence-electron chi connectivity index (χ2n) is 6.19. The quantitative estimate of drug-likeness (QED) is 0.459. The lowest BCUT2D eigenvalue weighted by Gasteiger charge is -2.17. The van der Waals surface area contributed by atoms with Crippen LogP contribution in [0.25, 0.3) is 0 Å². The molecule has 174 valence electrons. The highest BCUT2D eigenvalue weighted by Crippen LogP contribution is 2.41. The van der Waals surface area contributed by atoms with Crippen molar-refractivity contribution in [2.24, 2.45) is 0 Å². The maximum absolute atomic E-state index is 13.4. The van der Waals surface area contributed by atoms with Crippen LogP contribution in [0, 0.1) is 5.82 Å². The third-order valence-corrected chi connectivity index (χ3v) is 4.20. The first-order chi connectivity index (χ1) is 15.4. The molecule has 2 aromatic carbocycles. The maximum atomic E-state index is 13.4. The first-order valence-electron chi connectivity index (χ1n) is 8.63. The number of hydrogen-bond acceptors (Lipinski definition) is 5. The Morgan fingerprint density at radius 1 is 1.09 bits per heavy atom. The molecular formula is C19H10ClF6N3O4. The lowest BCUT2D eigenvalue weighted by Crippen LogP contribution is -2.17. The standard InChI is InChI=1S/C19H10ClF6N3O4/c20-12-5-10(17(31)28-9-4-16(30)29-27-7-9)14(6-11(12)19(24,25)26)32-13-2-1-8(21)3-15(13)33-18(22)23/h1-7,18H,(H2,28,29,30,31). The van der Waals surface area contributed by atoms with Crippen molar-refractivity contribution >= 4 is 23.2 Å². The zero-order valence-electron chi connectivity index (χ0n) is 15.8. The number of carbonyl (C=O) groups is 1. The van der Waals surface area contributed by atoms with Crippen molar-refractivity contribution in [1.82, 2.24) is 10.2 Å². The molecule has 0 saturated carbocycles. The lowest BCUT2D eigenvalue weighted by molar-refractivity contribution is -0.137. The molecule has 0 spiro atoms. The Morgan fingerprint density at radius 2 is 1.82 bits per heavy atom. The van der Waals surface area contributed by atoms with E-state index in [9.17, 15) is 35.9 Å². The molecule has 0 unspecified atom stereocenters. The topological polar surface area (TPSA) is 93.3 Å². The highest BCUT2D eigenvalue weighted by Gasteiger charge is 2.35. The van der Waals surface area contributed by atoms with Crippen molar-refractivity contribution in [2.75, 3.05) is 5.32 Å². The minimum atomic E-state index is -4.97. The number of aromatic amines is 1. The Kier molecular flexibility index (Phi) is 6.81. The van der Waals surface area contributed by atoms with E-state index in [0.29, 0.717) is 18.2 Å². The van der Waals surface area contributed by atoms with Crippen LogP contribution in [-0.2, 0) is 6.18 Å². The van der Waals surface area contributed by atoms with Crippen LogP contribution in [-0.4, -0.2) is 22.7 Å². The number of amides is 1. The summed E-state index contributed by atoms with van der Waals surface area (Å²) < 4.78 is 88.2. The predicted octanol–water partition coefficient (Wildman–Crippen LogP) is 5.23. The van der Waals surface area contributed by atoms with Crippen LogP contribution < -0.4 is 20.3 Å². The minimum Gasteiger partial charge on any atom is -0.453 e. The van der Waals surface area contributed by atoms with Gasteiger partial charge in [0.25, 0.3) is 11.5 Å². The number of anilines is 1. The molecule has 3 rings (SSSR count). The third kappa shape index (κ3) is 5.94. The number of benzene rings is 2. The van der Waals surface area contributed by atoms with E-state index >= 15 is 0 Å². The van der Waals surface area contributed by atoms with E-state index in [4.69, 9.17) is 16.3 Å². The SMILES string of the molecule is O=C(Nc1cn[nH]c(=O)c1)c1cc(Cl)c(C(F)(F)F)cc1Oc1ccc(F)cc1OC(F)F. The molecule has 3 aromatic rings. The van der Waals surface area contributed by atoms with Crippen molar-refractivity contribution < 1.29 is 40.6 Å². The van der Waals surface area contributed by atoms with Crippen LogP contribution in [0.5, 0.6) is 17.2 Å². The highest BCUT2D eigenvalue weighted by atomic mass is 35.5. The Balaban J connectivity index is 2.09. The smallest absolute Gasteiger partial charge is 0.417 e. The molecule has 0 aliphatic carbocycles. The van der Waals surface area contributed by atoms with Crippen LogP contribution in [0.4, 0.5) is 32.0 Å². The van der Waals surface area contributed by atoms with Crippen LogP contribution in [0.2, 0.25) is 5.02 Å². The lowest BCUT2D eigenvalue weighted by atomic mass is 10.1. The summed E-state index contributed by atoms with van der Waals surface area (Å²) in [7, 11) is 0. The number of rotatable bonds is 6. The number of carbonyl (C=O) groups excluding carboxylic acids is 1. The van der Waals surface area contributed by atoms with E-state index in [1.165, 1.54) is 0 Å². The van der Waals surface area contributed by atoms with Crippen molar-refractivity contribution in [3.8, 4) is 17.2 Å². The molecule has 1 heterocycles. The Bertz CT molecular complexity index is 1250. The predicted molar refractivity (Wildman–Crippen MR) is 102 cm³/mol. The number of nitrogens with one attached hydrogen (secondary N) is 2. The van der Waals surface area contributed by atoms with Gasteiger partial charge in [-0.1, -0.05) is 11.6 Å². The van der Waals surface area contributed by atoms with Crippen molar-refractivity contribution in [2.45, 2.75) is 12.8 Å². The van der Waals surface area contributed by atoms with Crippen molar-refractivity contribution in [1.29, 1.82) is 0 Å². The van der Waals surface area contributed by atoms with Gasteiger partial charge in [-0.15, -0.1) is 0 Å². The number of aromatic nitrogens is 2. The Hall–Kier alpha value is -3.74. The number of halogens is 7. The van der Waals surface area contributed by atoms with E-state index in [2.05, 4.69) is 20.3 Å². The van der Waals surface area contributed by atoms with Crippen LogP contribution in [0.15, 0.2) is 47.4 Å². The molecule has 0 aliphatic rings. The average Bonchev–Trinajstić information content (AvgIpc) is 2.69. The molecule has 14 heteroatoms. The number of hydrogen-bond donors (Lipinski definition) is 2. The fourth-order valence-electron chi connectivity index (χ4n) is 2.55. The summed E-state index contributed by atoms with van der Waals surface area (Å²) in [5.74, 6) is -4.29. The zero-order chi connectivity index (χ0) is 24.3. The average molecular weight is 494 g/mol. The molecule has 7 nitrogen and oxygen atoms in total. The number of H-pyrrole nitrogens is 1. The molecule has 0 saturated heterocycles. The molecule has 1 aromatic heterocycles. The molecule has 0 radical (unpaired) electrons. The second-order valence-corrected chi connectivity index (χ2v) is 6.59. The van der Waals surface area contributed by atoms with Gasteiger partial charge in [0.15, 0.2) is 11.5 Å². The van der Waals surface area contributed by atoms with Gasteiger partial charge in [0, 0.05) is 12.1 Å². The van der Waals surface area contributed by atoms with E-state index in [1.54, 1.807) is 0 Å². The van der Waals surface area contributed by atoms with E-state index in [0.717, 1.165) is 24.4 Å². The van der Waals surface area contributed by atoms with E-state index in [-0.39, 0.29) is 5.69 Å². The van der Waals surface area contributed by atoms with Gasteiger partial charge in [-0.05, 0) is 24.3 Å².